The van der Waals surface area contributed by atoms with E-state index in [0.29, 0.717) is 10.6 Å². The molecule has 0 saturated carbocycles. The maximum atomic E-state index is 13.3. The summed E-state index contributed by atoms with van der Waals surface area (Å²) in [5.74, 6) is -1.54. The van der Waals surface area contributed by atoms with E-state index in [0.717, 1.165) is 0 Å². The van der Waals surface area contributed by atoms with E-state index in [9.17, 15) is 9.18 Å². The molecule has 7 heteroatoms. The van der Waals surface area contributed by atoms with Crippen molar-refractivity contribution in [2.45, 2.75) is 18.5 Å². The summed E-state index contributed by atoms with van der Waals surface area (Å²) in [6.07, 6.45) is 0.288. The Bertz CT molecular complexity index is 470. The summed E-state index contributed by atoms with van der Waals surface area (Å²) < 4.78 is 13.3. The Hall–Kier alpha value is -0.880. The molecule has 1 aromatic carbocycles. The zero-order valence-electron chi connectivity index (χ0n) is 8.51. The van der Waals surface area contributed by atoms with Crippen molar-refractivity contribution in [2.24, 2.45) is 0 Å². The van der Waals surface area contributed by atoms with Gasteiger partial charge in [-0.2, -0.15) is 0 Å². The third-order valence-corrected chi connectivity index (χ3v) is 3.23. The third kappa shape index (κ3) is 2.52. The number of halogens is 3. The normalized spacial score (nSPS) is 23.9. The Labute approximate surface area is 107 Å². The molecule has 3 N–H and O–H groups in total. The molecule has 1 aliphatic rings. The number of aliphatic carboxylic acids is 1. The molecule has 92 valence electrons. The molecule has 4 nitrogen and oxygen atoms in total. The van der Waals surface area contributed by atoms with Crippen molar-refractivity contribution in [1.82, 2.24) is 10.9 Å². The summed E-state index contributed by atoms with van der Waals surface area (Å²) in [6.45, 7) is 0. The average Bonchev–Trinajstić information content (AvgIpc) is 2.72. The number of hydrogen-bond acceptors (Lipinski definition) is 3. The quantitative estimate of drug-likeness (QED) is 0.726. The van der Waals surface area contributed by atoms with Gasteiger partial charge in [0.15, 0.2) is 0 Å². The number of nitrogens with one attached hydrogen (secondary N) is 2. The topological polar surface area (TPSA) is 61.4 Å². The van der Waals surface area contributed by atoms with E-state index in [-0.39, 0.29) is 17.5 Å². The second-order valence-corrected chi connectivity index (χ2v) is 4.57. The van der Waals surface area contributed by atoms with E-state index in [1.165, 1.54) is 12.1 Å². The molecule has 1 fully saturated rings. The third-order valence-electron chi connectivity index (χ3n) is 2.62. The predicted octanol–water partition coefficient (Wildman–Crippen LogP) is 2.12. The number of carboxylic acids is 1. The fourth-order valence-electron chi connectivity index (χ4n) is 1.73. The van der Waals surface area contributed by atoms with Crippen molar-refractivity contribution in [1.29, 1.82) is 0 Å². The standard InChI is InChI=1S/C10H9Cl2FN2O2/c11-5-2-6(12)7(13)1-4(5)8-3-9(10(16)17)15-14-8/h1-2,8-9,14-15H,3H2,(H,16,17). The van der Waals surface area contributed by atoms with E-state index in [2.05, 4.69) is 10.9 Å². The number of hydrogen-bond donors (Lipinski definition) is 3. The molecule has 1 aliphatic heterocycles. The van der Waals surface area contributed by atoms with Crippen molar-refractivity contribution < 1.29 is 14.3 Å². The summed E-state index contributed by atoms with van der Waals surface area (Å²) in [5.41, 5.74) is 5.86. The molecule has 2 unspecified atom stereocenters. The first kappa shape index (κ1) is 12.6. The van der Waals surface area contributed by atoms with Gasteiger partial charge in [0.1, 0.15) is 11.9 Å². The van der Waals surface area contributed by atoms with Crippen molar-refractivity contribution in [3.63, 3.8) is 0 Å². The zero-order valence-corrected chi connectivity index (χ0v) is 10.0. The van der Waals surface area contributed by atoms with Crippen LogP contribution in [0.5, 0.6) is 0 Å². The number of hydrazine groups is 1. The summed E-state index contributed by atoms with van der Waals surface area (Å²) in [7, 11) is 0. The second kappa shape index (κ2) is 4.78. The molecule has 0 amide bonds. The molecule has 0 bridgehead atoms. The van der Waals surface area contributed by atoms with Gasteiger partial charge in [0, 0.05) is 11.1 Å². The van der Waals surface area contributed by atoms with Crippen LogP contribution in [-0.2, 0) is 4.79 Å². The molecule has 0 aromatic heterocycles. The van der Waals surface area contributed by atoms with Gasteiger partial charge in [-0.3, -0.25) is 4.79 Å². The largest absolute Gasteiger partial charge is 0.480 e. The summed E-state index contributed by atoms with van der Waals surface area (Å²) in [5, 5.41) is 9.07. The number of carboxylic acid groups (broad SMARTS) is 1. The van der Waals surface area contributed by atoms with E-state index < -0.39 is 17.8 Å². The van der Waals surface area contributed by atoms with Crippen LogP contribution in [0.4, 0.5) is 4.39 Å². The Morgan fingerprint density at radius 2 is 2.06 bits per heavy atom. The van der Waals surface area contributed by atoms with Crippen LogP contribution in [0.2, 0.25) is 10.0 Å². The number of carbonyl (C=O) groups is 1. The molecular weight excluding hydrogens is 270 g/mol. The first-order chi connectivity index (χ1) is 7.99. The highest BCUT2D eigenvalue weighted by Gasteiger charge is 2.31. The van der Waals surface area contributed by atoms with E-state index in [1.807, 2.05) is 0 Å². The van der Waals surface area contributed by atoms with Crippen LogP contribution in [0.15, 0.2) is 12.1 Å². The highest BCUT2D eigenvalue weighted by Crippen LogP contribution is 2.32. The van der Waals surface area contributed by atoms with Crippen molar-refractivity contribution in [3.8, 4) is 0 Å². The molecule has 2 rings (SSSR count). The molecule has 1 saturated heterocycles. The Morgan fingerprint density at radius 3 is 2.65 bits per heavy atom. The highest BCUT2D eigenvalue weighted by molar-refractivity contribution is 6.35. The Morgan fingerprint density at radius 1 is 1.35 bits per heavy atom. The van der Waals surface area contributed by atoms with Crippen molar-refractivity contribution in [3.05, 3.63) is 33.6 Å². The first-order valence-electron chi connectivity index (χ1n) is 4.87. The minimum Gasteiger partial charge on any atom is -0.480 e. The van der Waals surface area contributed by atoms with Crippen LogP contribution in [0, 0.1) is 5.82 Å². The smallest absolute Gasteiger partial charge is 0.322 e. The predicted molar refractivity (Wildman–Crippen MR) is 61.5 cm³/mol. The average molecular weight is 279 g/mol. The van der Waals surface area contributed by atoms with Crippen LogP contribution < -0.4 is 10.9 Å². The highest BCUT2D eigenvalue weighted by atomic mass is 35.5. The van der Waals surface area contributed by atoms with Crippen LogP contribution in [0.25, 0.3) is 0 Å². The van der Waals surface area contributed by atoms with Crippen LogP contribution >= 0.6 is 23.2 Å². The summed E-state index contributed by atoms with van der Waals surface area (Å²) >= 11 is 11.5. The van der Waals surface area contributed by atoms with Gasteiger partial charge in [-0.05, 0) is 24.1 Å². The molecule has 1 heterocycles. The SMILES string of the molecule is O=C(O)C1CC(c2cc(F)c(Cl)cc2Cl)NN1. The Kier molecular flexibility index (Phi) is 3.53. The molecule has 2 atom stereocenters. The van der Waals surface area contributed by atoms with E-state index >= 15 is 0 Å². The molecule has 0 aliphatic carbocycles. The lowest BCUT2D eigenvalue weighted by molar-refractivity contribution is -0.139. The lowest BCUT2D eigenvalue weighted by Gasteiger charge is -2.12. The minimum atomic E-state index is -0.967. The zero-order chi connectivity index (χ0) is 12.6. The number of benzene rings is 1. The van der Waals surface area contributed by atoms with Crippen LogP contribution in [0.3, 0.4) is 0 Å². The van der Waals surface area contributed by atoms with Crippen LogP contribution in [0.1, 0.15) is 18.0 Å². The van der Waals surface area contributed by atoms with Gasteiger partial charge < -0.3 is 5.11 Å². The van der Waals surface area contributed by atoms with E-state index in [4.69, 9.17) is 28.3 Å². The molecule has 1 aromatic rings. The van der Waals surface area contributed by atoms with Crippen molar-refractivity contribution in [2.75, 3.05) is 0 Å². The van der Waals surface area contributed by atoms with Gasteiger partial charge in [0.2, 0.25) is 0 Å². The molecule has 0 radical (unpaired) electrons. The first-order valence-corrected chi connectivity index (χ1v) is 5.63. The van der Waals surface area contributed by atoms with E-state index in [1.54, 1.807) is 0 Å². The fourth-order valence-corrected chi connectivity index (χ4v) is 2.24. The number of rotatable bonds is 2. The van der Waals surface area contributed by atoms with Gasteiger partial charge in [-0.1, -0.05) is 23.2 Å². The maximum absolute atomic E-state index is 13.3. The van der Waals surface area contributed by atoms with Gasteiger partial charge >= 0.3 is 5.97 Å². The summed E-state index contributed by atoms with van der Waals surface area (Å²) in [6, 6.07) is 1.46. The van der Waals surface area contributed by atoms with Gasteiger partial charge in [-0.25, -0.2) is 15.2 Å². The lowest BCUT2D eigenvalue weighted by atomic mass is 10.0. The second-order valence-electron chi connectivity index (χ2n) is 3.76. The van der Waals surface area contributed by atoms with Crippen molar-refractivity contribution >= 4 is 29.2 Å². The minimum absolute atomic E-state index is 0.0560. The monoisotopic (exact) mass is 278 g/mol. The molecular formula is C10H9Cl2FN2O2. The van der Waals surface area contributed by atoms with Crippen LogP contribution in [-0.4, -0.2) is 17.1 Å². The summed E-state index contributed by atoms with van der Waals surface area (Å²) in [4.78, 5) is 10.8. The molecule has 0 spiro atoms. The van der Waals surface area contributed by atoms with Gasteiger partial charge in [0.05, 0.1) is 5.02 Å². The lowest BCUT2D eigenvalue weighted by Crippen LogP contribution is -2.36. The Balaban J connectivity index is 2.24. The fraction of sp³-hybridized carbons (Fsp3) is 0.300. The van der Waals surface area contributed by atoms with Gasteiger partial charge in [0.25, 0.3) is 0 Å². The maximum Gasteiger partial charge on any atom is 0.322 e. The molecule has 17 heavy (non-hydrogen) atoms. The van der Waals surface area contributed by atoms with Gasteiger partial charge in [-0.15, -0.1) is 0 Å².